The molecule has 1 atom stereocenters. The maximum atomic E-state index is 11.4. The van der Waals surface area contributed by atoms with Gasteiger partial charge in [-0.05, 0) is 48.1 Å². The minimum Gasteiger partial charge on any atom is -0.361 e. The van der Waals surface area contributed by atoms with Gasteiger partial charge in [0.1, 0.15) is 12.3 Å². The molecule has 1 unspecified atom stereocenters. The highest BCUT2D eigenvalue weighted by atomic mass is 16.1. The van der Waals surface area contributed by atoms with Crippen molar-refractivity contribution >= 4 is 12.0 Å². The molecule has 2 aromatic rings. The van der Waals surface area contributed by atoms with Gasteiger partial charge in [0, 0.05) is 25.1 Å². The van der Waals surface area contributed by atoms with Crippen LogP contribution in [-0.2, 0) is 4.79 Å². The van der Waals surface area contributed by atoms with E-state index in [0.29, 0.717) is 0 Å². The zero-order chi connectivity index (χ0) is 13.9. The van der Waals surface area contributed by atoms with Crippen LogP contribution in [0.4, 0.5) is 5.69 Å². The molecule has 1 saturated carbocycles. The lowest BCUT2D eigenvalue weighted by Gasteiger charge is -2.26. The van der Waals surface area contributed by atoms with Crippen molar-refractivity contribution in [3.63, 3.8) is 0 Å². The van der Waals surface area contributed by atoms with E-state index in [0.717, 1.165) is 23.5 Å². The van der Waals surface area contributed by atoms with Gasteiger partial charge in [-0.25, -0.2) is 0 Å². The van der Waals surface area contributed by atoms with Crippen molar-refractivity contribution in [2.24, 2.45) is 0 Å². The van der Waals surface area contributed by atoms with Gasteiger partial charge in [-0.1, -0.05) is 18.2 Å². The summed E-state index contributed by atoms with van der Waals surface area (Å²) in [6, 6.07) is 12.0. The lowest BCUT2D eigenvalue weighted by Crippen LogP contribution is -2.25. The molecule has 0 amide bonds. The molecule has 3 rings (SSSR count). The fourth-order valence-corrected chi connectivity index (χ4v) is 2.50. The van der Waals surface area contributed by atoms with Crippen LogP contribution in [0.2, 0.25) is 0 Å². The number of likely N-dealkylation sites (N-methyl/N-ethyl adjacent to an activating group) is 1. The summed E-state index contributed by atoms with van der Waals surface area (Å²) in [4.78, 5) is 17.5. The standard InChI is InChI=1S/C17H18N2O/c1-19(17(12-20)15-3-2-10-18-11-15)16-8-6-14(7-9-16)13-4-5-13/h2-3,6-13,17H,4-5H2,1H3. The van der Waals surface area contributed by atoms with E-state index in [9.17, 15) is 4.79 Å². The van der Waals surface area contributed by atoms with Crippen molar-refractivity contribution in [2.75, 3.05) is 11.9 Å². The van der Waals surface area contributed by atoms with E-state index in [2.05, 4.69) is 29.2 Å². The van der Waals surface area contributed by atoms with Crippen LogP contribution in [0.1, 0.15) is 35.9 Å². The Morgan fingerprint density at radius 2 is 2.00 bits per heavy atom. The summed E-state index contributed by atoms with van der Waals surface area (Å²) in [5, 5.41) is 0. The van der Waals surface area contributed by atoms with Crippen LogP contribution in [0.15, 0.2) is 48.8 Å². The Balaban J connectivity index is 1.82. The highest BCUT2D eigenvalue weighted by Crippen LogP contribution is 2.40. The summed E-state index contributed by atoms with van der Waals surface area (Å²) >= 11 is 0. The van der Waals surface area contributed by atoms with Gasteiger partial charge < -0.3 is 9.69 Å². The molecule has 0 aliphatic heterocycles. The number of hydrogen-bond acceptors (Lipinski definition) is 3. The van der Waals surface area contributed by atoms with E-state index in [1.165, 1.54) is 18.4 Å². The van der Waals surface area contributed by atoms with E-state index >= 15 is 0 Å². The third kappa shape index (κ3) is 2.57. The summed E-state index contributed by atoms with van der Waals surface area (Å²) < 4.78 is 0. The molecule has 3 heteroatoms. The number of rotatable bonds is 5. The Morgan fingerprint density at radius 3 is 2.55 bits per heavy atom. The largest absolute Gasteiger partial charge is 0.361 e. The first-order chi connectivity index (χ1) is 9.79. The van der Waals surface area contributed by atoms with E-state index in [1.54, 1.807) is 12.4 Å². The van der Waals surface area contributed by atoms with Gasteiger partial charge in [0.2, 0.25) is 0 Å². The minimum atomic E-state index is -0.296. The maximum absolute atomic E-state index is 11.4. The molecule has 1 aliphatic carbocycles. The van der Waals surface area contributed by atoms with Crippen molar-refractivity contribution in [1.82, 2.24) is 4.98 Å². The molecule has 20 heavy (non-hydrogen) atoms. The number of aldehydes is 1. The zero-order valence-corrected chi connectivity index (χ0v) is 11.6. The third-order valence-electron chi connectivity index (χ3n) is 3.92. The highest BCUT2D eigenvalue weighted by molar-refractivity contribution is 5.68. The number of carbonyl (C=O) groups excluding carboxylic acids is 1. The highest BCUT2D eigenvalue weighted by Gasteiger charge is 2.23. The normalized spacial score (nSPS) is 15.7. The van der Waals surface area contributed by atoms with Gasteiger partial charge in [0.05, 0.1) is 0 Å². The Kier molecular flexibility index (Phi) is 3.50. The molecule has 1 aromatic heterocycles. The van der Waals surface area contributed by atoms with Crippen molar-refractivity contribution in [3.8, 4) is 0 Å². The molecule has 102 valence electrons. The first kappa shape index (κ1) is 12.9. The number of hydrogen-bond donors (Lipinski definition) is 0. The Morgan fingerprint density at radius 1 is 1.25 bits per heavy atom. The second-order valence-electron chi connectivity index (χ2n) is 5.34. The topological polar surface area (TPSA) is 33.2 Å². The van der Waals surface area contributed by atoms with Gasteiger partial charge in [0.25, 0.3) is 0 Å². The van der Waals surface area contributed by atoms with Crippen LogP contribution in [-0.4, -0.2) is 18.3 Å². The molecule has 0 radical (unpaired) electrons. The Bertz CT molecular complexity index is 576. The van der Waals surface area contributed by atoms with Gasteiger partial charge >= 0.3 is 0 Å². The van der Waals surface area contributed by atoms with Gasteiger partial charge in [-0.3, -0.25) is 4.98 Å². The molecular weight excluding hydrogens is 248 g/mol. The smallest absolute Gasteiger partial charge is 0.147 e. The van der Waals surface area contributed by atoms with E-state index < -0.39 is 0 Å². The first-order valence-electron chi connectivity index (χ1n) is 6.97. The number of anilines is 1. The molecule has 1 heterocycles. The van der Waals surface area contributed by atoms with Crippen LogP contribution in [0.25, 0.3) is 0 Å². The summed E-state index contributed by atoms with van der Waals surface area (Å²) in [5.74, 6) is 0.759. The van der Waals surface area contributed by atoms with Crippen LogP contribution >= 0.6 is 0 Å². The number of benzene rings is 1. The predicted molar refractivity (Wildman–Crippen MR) is 79.9 cm³/mol. The zero-order valence-electron chi connectivity index (χ0n) is 11.6. The fourth-order valence-electron chi connectivity index (χ4n) is 2.50. The number of carbonyl (C=O) groups is 1. The van der Waals surface area contributed by atoms with Crippen molar-refractivity contribution in [1.29, 1.82) is 0 Å². The summed E-state index contributed by atoms with van der Waals surface area (Å²) in [7, 11) is 1.94. The predicted octanol–water partition coefficient (Wildman–Crippen LogP) is 3.34. The van der Waals surface area contributed by atoms with E-state index in [-0.39, 0.29) is 6.04 Å². The summed E-state index contributed by atoms with van der Waals surface area (Å²) in [5.41, 5.74) is 3.37. The molecule has 1 fully saturated rings. The average molecular weight is 266 g/mol. The van der Waals surface area contributed by atoms with Gasteiger partial charge in [0.15, 0.2) is 0 Å². The molecule has 3 nitrogen and oxygen atoms in total. The second-order valence-corrected chi connectivity index (χ2v) is 5.34. The maximum Gasteiger partial charge on any atom is 0.147 e. The SMILES string of the molecule is CN(c1ccc(C2CC2)cc1)C(C=O)c1cccnc1. The number of aromatic nitrogens is 1. The average Bonchev–Trinajstić information content (AvgIpc) is 3.34. The monoisotopic (exact) mass is 266 g/mol. The Hall–Kier alpha value is -2.16. The molecule has 1 aromatic carbocycles. The molecule has 0 saturated heterocycles. The number of pyridine rings is 1. The third-order valence-corrected chi connectivity index (χ3v) is 3.92. The molecule has 0 N–H and O–H groups in total. The second kappa shape index (κ2) is 5.45. The lowest BCUT2D eigenvalue weighted by molar-refractivity contribution is -0.109. The van der Waals surface area contributed by atoms with Crippen LogP contribution in [0.3, 0.4) is 0 Å². The first-order valence-corrected chi connectivity index (χ1v) is 6.97. The minimum absolute atomic E-state index is 0.296. The lowest BCUT2D eigenvalue weighted by atomic mass is 10.1. The van der Waals surface area contributed by atoms with Crippen LogP contribution in [0.5, 0.6) is 0 Å². The molecule has 1 aliphatic rings. The van der Waals surface area contributed by atoms with Gasteiger partial charge in [-0.2, -0.15) is 0 Å². The quantitative estimate of drug-likeness (QED) is 0.778. The van der Waals surface area contributed by atoms with Crippen LogP contribution < -0.4 is 4.90 Å². The Labute approximate surface area is 119 Å². The molecular formula is C17H18N2O. The van der Waals surface area contributed by atoms with E-state index in [4.69, 9.17) is 0 Å². The number of nitrogens with zero attached hydrogens (tertiary/aromatic N) is 2. The van der Waals surface area contributed by atoms with E-state index in [1.807, 2.05) is 24.1 Å². The fraction of sp³-hybridized carbons (Fsp3) is 0.294. The van der Waals surface area contributed by atoms with Crippen molar-refractivity contribution in [2.45, 2.75) is 24.8 Å². The molecule has 0 spiro atoms. The van der Waals surface area contributed by atoms with Crippen molar-refractivity contribution < 1.29 is 4.79 Å². The van der Waals surface area contributed by atoms with Crippen LogP contribution in [0, 0.1) is 0 Å². The summed E-state index contributed by atoms with van der Waals surface area (Å²) in [6.07, 6.45) is 7.04. The summed E-state index contributed by atoms with van der Waals surface area (Å²) in [6.45, 7) is 0. The van der Waals surface area contributed by atoms with Gasteiger partial charge in [-0.15, -0.1) is 0 Å². The molecule has 0 bridgehead atoms. The van der Waals surface area contributed by atoms with Crippen molar-refractivity contribution in [3.05, 3.63) is 59.9 Å².